The van der Waals surface area contributed by atoms with Gasteiger partial charge in [-0.2, -0.15) is 0 Å². The Kier molecular flexibility index (Phi) is 5.56. The molecule has 4 heterocycles. The van der Waals surface area contributed by atoms with Gasteiger partial charge in [-0.25, -0.2) is 19.2 Å². The van der Waals surface area contributed by atoms with Gasteiger partial charge in [0, 0.05) is 29.2 Å². The van der Waals surface area contributed by atoms with E-state index in [9.17, 15) is 8.76 Å². The highest BCUT2D eigenvalue weighted by molar-refractivity contribution is 7.79. The van der Waals surface area contributed by atoms with E-state index in [1.54, 1.807) is 18.7 Å². The van der Waals surface area contributed by atoms with Gasteiger partial charge in [-0.1, -0.05) is 6.92 Å². The van der Waals surface area contributed by atoms with Crippen LogP contribution in [0.4, 0.5) is 0 Å². The number of rotatable bonds is 4. The second kappa shape index (κ2) is 8.32. The van der Waals surface area contributed by atoms with Gasteiger partial charge in [0.1, 0.15) is 5.37 Å². The summed E-state index contributed by atoms with van der Waals surface area (Å²) >= 11 is -1.81. The van der Waals surface area contributed by atoms with Crippen LogP contribution in [0.15, 0.2) is 24.8 Å². The molecule has 160 valence electrons. The molecule has 7 nitrogen and oxygen atoms in total. The molecule has 1 aliphatic carbocycles. The first-order chi connectivity index (χ1) is 14.6. The van der Waals surface area contributed by atoms with Gasteiger partial charge < -0.3 is 9.54 Å². The quantitative estimate of drug-likeness (QED) is 0.610. The van der Waals surface area contributed by atoms with Gasteiger partial charge in [0.15, 0.2) is 16.7 Å². The highest BCUT2D eigenvalue weighted by Crippen LogP contribution is 2.41. The minimum absolute atomic E-state index is 0.234. The van der Waals surface area contributed by atoms with Gasteiger partial charge in [0.05, 0.1) is 18.0 Å². The number of pyridine rings is 1. The lowest BCUT2D eigenvalue weighted by Gasteiger charge is -2.41. The molecule has 5 rings (SSSR count). The molecule has 1 aliphatic heterocycles. The van der Waals surface area contributed by atoms with Crippen molar-refractivity contribution in [2.24, 2.45) is 11.8 Å². The van der Waals surface area contributed by atoms with E-state index in [4.69, 9.17) is 0 Å². The van der Waals surface area contributed by atoms with Crippen LogP contribution in [-0.4, -0.2) is 52.1 Å². The van der Waals surface area contributed by atoms with Crippen molar-refractivity contribution in [3.63, 3.8) is 0 Å². The molecule has 0 aromatic carbocycles. The molecule has 8 heteroatoms. The maximum Gasteiger partial charge on any atom is 0.171 e. The molecular weight excluding hydrogens is 398 g/mol. The molecule has 1 saturated heterocycles. The molecule has 1 saturated carbocycles. The third-order valence-corrected chi connectivity index (χ3v) is 8.14. The van der Waals surface area contributed by atoms with Crippen LogP contribution in [0.25, 0.3) is 21.9 Å². The summed E-state index contributed by atoms with van der Waals surface area (Å²) in [6.07, 6.45) is 11.7. The van der Waals surface area contributed by atoms with Gasteiger partial charge in [0.25, 0.3) is 0 Å². The number of aromatic amines is 1. The SMILES string of the molecule is CC1CCCN(C(C2CCC(c3[nH]cnc4cnc5nccc5c34)CC2)S(=O)O)C1. The number of hydrogen-bond acceptors (Lipinski definition) is 5. The summed E-state index contributed by atoms with van der Waals surface area (Å²) in [5, 5.41) is 1.93. The third-order valence-electron chi connectivity index (χ3n) is 7.04. The van der Waals surface area contributed by atoms with Crippen molar-refractivity contribution in [1.29, 1.82) is 0 Å². The summed E-state index contributed by atoms with van der Waals surface area (Å²) in [6.45, 7) is 4.13. The van der Waals surface area contributed by atoms with Crippen molar-refractivity contribution >= 4 is 33.0 Å². The Bertz CT molecular complexity index is 1060. The molecule has 2 fully saturated rings. The molecule has 0 amide bonds. The van der Waals surface area contributed by atoms with Crippen molar-refractivity contribution in [2.75, 3.05) is 13.1 Å². The summed E-state index contributed by atoms with van der Waals surface area (Å²) in [5.41, 5.74) is 2.85. The van der Waals surface area contributed by atoms with Crippen LogP contribution >= 0.6 is 0 Å². The number of likely N-dealkylation sites (tertiary alicyclic amines) is 1. The van der Waals surface area contributed by atoms with Gasteiger partial charge in [-0.15, -0.1) is 0 Å². The number of nitrogens with zero attached hydrogens (tertiary/aromatic N) is 4. The van der Waals surface area contributed by atoms with Gasteiger partial charge in [0.2, 0.25) is 0 Å². The largest absolute Gasteiger partial charge is 0.349 e. The van der Waals surface area contributed by atoms with Gasteiger partial charge in [-0.05, 0) is 68.9 Å². The number of aromatic nitrogens is 4. The summed E-state index contributed by atoms with van der Waals surface area (Å²) in [5.74, 6) is 1.26. The van der Waals surface area contributed by atoms with E-state index in [-0.39, 0.29) is 11.3 Å². The molecular formula is C22H29N5O2S. The number of nitrogens with one attached hydrogen (secondary N) is 1. The Labute approximate surface area is 179 Å². The molecule has 3 aromatic heterocycles. The zero-order valence-corrected chi connectivity index (χ0v) is 18.1. The van der Waals surface area contributed by atoms with E-state index in [0.717, 1.165) is 67.1 Å². The minimum atomic E-state index is -1.81. The van der Waals surface area contributed by atoms with Crippen LogP contribution in [0.2, 0.25) is 0 Å². The number of fused-ring (bicyclic) bond motifs is 3. The van der Waals surface area contributed by atoms with Gasteiger partial charge in [-0.3, -0.25) is 4.90 Å². The molecule has 2 N–H and O–H groups in total. The van der Waals surface area contributed by atoms with Gasteiger partial charge >= 0.3 is 0 Å². The second-order valence-electron chi connectivity index (χ2n) is 9.04. The zero-order valence-electron chi connectivity index (χ0n) is 17.3. The number of piperidine rings is 1. The number of H-pyrrole nitrogens is 1. The zero-order chi connectivity index (χ0) is 20.7. The van der Waals surface area contributed by atoms with Crippen molar-refractivity contribution in [1.82, 2.24) is 24.8 Å². The van der Waals surface area contributed by atoms with Crippen LogP contribution in [0.1, 0.15) is 57.1 Å². The van der Waals surface area contributed by atoms with E-state index in [1.165, 1.54) is 12.1 Å². The smallest absolute Gasteiger partial charge is 0.171 e. The summed E-state index contributed by atoms with van der Waals surface area (Å²) in [4.78, 5) is 18.9. The second-order valence-corrected chi connectivity index (χ2v) is 10.1. The molecule has 2 aliphatic rings. The molecule has 0 radical (unpaired) electrons. The molecule has 0 spiro atoms. The highest BCUT2D eigenvalue weighted by atomic mass is 32.2. The maximum absolute atomic E-state index is 12.3. The van der Waals surface area contributed by atoms with Crippen LogP contribution in [0.3, 0.4) is 0 Å². The molecule has 30 heavy (non-hydrogen) atoms. The maximum atomic E-state index is 12.3. The fraction of sp³-hybridized carbons (Fsp3) is 0.591. The Morgan fingerprint density at radius 3 is 2.80 bits per heavy atom. The average Bonchev–Trinajstić information content (AvgIpc) is 3.23. The van der Waals surface area contributed by atoms with E-state index in [0.29, 0.717) is 11.8 Å². The molecule has 3 atom stereocenters. The minimum Gasteiger partial charge on any atom is -0.349 e. The van der Waals surface area contributed by atoms with Crippen LogP contribution in [0.5, 0.6) is 0 Å². The first kappa shape index (κ1) is 20.0. The molecule has 3 unspecified atom stereocenters. The Hall–Kier alpha value is -1.90. The average molecular weight is 428 g/mol. The molecule has 0 bridgehead atoms. The van der Waals surface area contributed by atoms with E-state index < -0.39 is 11.1 Å². The highest BCUT2D eigenvalue weighted by Gasteiger charge is 2.37. The predicted molar refractivity (Wildman–Crippen MR) is 118 cm³/mol. The van der Waals surface area contributed by atoms with E-state index in [2.05, 4.69) is 31.8 Å². The Morgan fingerprint density at radius 1 is 1.20 bits per heavy atom. The third kappa shape index (κ3) is 3.65. The lowest BCUT2D eigenvalue weighted by atomic mass is 9.79. The predicted octanol–water partition coefficient (Wildman–Crippen LogP) is 4.06. The van der Waals surface area contributed by atoms with Crippen LogP contribution < -0.4 is 0 Å². The summed E-state index contributed by atoms with van der Waals surface area (Å²) in [6, 6.07) is 2.01. The topological polar surface area (TPSA) is 95.0 Å². The van der Waals surface area contributed by atoms with Crippen LogP contribution in [0, 0.1) is 11.8 Å². The summed E-state index contributed by atoms with van der Waals surface area (Å²) < 4.78 is 22.4. The van der Waals surface area contributed by atoms with Crippen molar-refractivity contribution in [2.45, 2.75) is 56.7 Å². The summed E-state index contributed by atoms with van der Waals surface area (Å²) in [7, 11) is 0. The fourth-order valence-electron chi connectivity index (χ4n) is 5.64. The van der Waals surface area contributed by atoms with Crippen LogP contribution in [-0.2, 0) is 11.1 Å². The Morgan fingerprint density at radius 2 is 2.03 bits per heavy atom. The molecule has 3 aromatic rings. The fourth-order valence-corrected chi connectivity index (χ4v) is 6.68. The van der Waals surface area contributed by atoms with Crippen molar-refractivity contribution in [3.8, 4) is 0 Å². The standard InChI is InChI=1S/C22H29N5O2S/c1-14-3-2-10-27(12-14)22(30(28)29)16-6-4-15(5-7-16)20-19-17-8-9-23-21(17)24-11-18(19)25-13-26-20/h8-9,11,13-16,22H,2-7,10,12H2,1H3,(H,25,26)(H,28,29). The van der Waals surface area contributed by atoms with Crippen molar-refractivity contribution < 1.29 is 8.76 Å². The monoisotopic (exact) mass is 427 g/mol. The van der Waals surface area contributed by atoms with E-state index in [1.807, 2.05) is 6.07 Å². The number of hydrogen-bond donors (Lipinski definition) is 2. The van der Waals surface area contributed by atoms with E-state index >= 15 is 0 Å². The first-order valence-corrected chi connectivity index (χ1v) is 12.2. The first-order valence-electron chi connectivity index (χ1n) is 11.0. The lowest BCUT2D eigenvalue weighted by Crippen LogP contribution is -2.48. The Balaban J connectivity index is 1.38. The van der Waals surface area contributed by atoms with Crippen molar-refractivity contribution in [3.05, 3.63) is 30.5 Å². The normalized spacial score (nSPS) is 28.0. The lowest BCUT2D eigenvalue weighted by molar-refractivity contribution is 0.115.